The maximum atomic E-state index is 13.5. The molecule has 1 saturated heterocycles. The molecule has 1 unspecified atom stereocenters. The first-order valence-corrected chi connectivity index (χ1v) is 6.52. The minimum Gasteiger partial charge on any atom is -0.396 e. The molecule has 1 heterocycles. The van der Waals surface area contributed by atoms with E-state index in [4.69, 9.17) is 10.2 Å². The molecule has 1 fully saturated rings. The zero-order chi connectivity index (χ0) is 13.0. The van der Waals surface area contributed by atoms with Crippen LogP contribution in [-0.2, 0) is 6.61 Å². The van der Waals surface area contributed by atoms with Crippen molar-refractivity contribution >= 4 is 5.69 Å². The number of aliphatic hydroxyl groups excluding tert-OH is 2. The summed E-state index contributed by atoms with van der Waals surface area (Å²) in [5, 5.41) is 18.0. The second-order valence-corrected chi connectivity index (χ2v) is 4.83. The lowest BCUT2D eigenvalue weighted by molar-refractivity contribution is 0.279. The number of aliphatic hydroxyl groups is 2. The van der Waals surface area contributed by atoms with Gasteiger partial charge in [0.15, 0.2) is 0 Å². The first kappa shape index (κ1) is 13.3. The molecule has 0 aromatic heterocycles. The lowest BCUT2D eigenvalue weighted by Crippen LogP contribution is -2.29. The van der Waals surface area contributed by atoms with E-state index in [0.29, 0.717) is 11.6 Å². The summed E-state index contributed by atoms with van der Waals surface area (Å²) in [4.78, 5) is 2.19. The van der Waals surface area contributed by atoms with E-state index in [0.717, 1.165) is 37.9 Å². The number of halogens is 1. The maximum Gasteiger partial charge on any atom is 0.125 e. The van der Waals surface area contributed by atoms with Crippen LogP contribution in [0.15, 0.2) is 18.2 Å². The van der Waals surface area contributed by atoms with Gasteiger partial charge in [0.05, 0.1) is 6.61 Å². The smallest absolute Gasteiger partial charge is 0.125 e. The minimum absolute atomic E-state index is 0.139. The molecule has 4 heteroatoms. The molecule has 0 spiro atoms. The second kappa shape index (κ2) is 6.16. The molecular formula is C14H20FNO2. The summed E-state index contributed by atoms with van der Waals surface area (Å²) in [6.45, 7) is 0.986. The van der Waals surface area contributed by atoms with Crippen molar-refractivity contribution in [2.45, 2.75) is 38.3 Å². The van der Waals surface area contributed by atoms with Crippen LogP contribution in [0.1, 0.15) is 31.2 Å². The van der Waals surface area contributed by atoms with Gasteiger partial charge < -0.3 is 15.1 Å². The highest BCUT2D eigenvalue weighted by molar-refractivity contribution is 5.50. The van der Waals surface area contributed by atoms with Gasteiger partial charge in [0.25, 0.3) is 0 Å². The van der Waals surface area contributed by atoms with Crippen molar-refractivity contribution < 1.29 is 14.6 Å². The van der Waals surface area contributed by atoms with Gasteiger partial charge in [0.2, 0.25) is 0 Å². The van der Waals surface area contributed by atoms with Crippen molar-refractivity contribution in [3.05, 3.63) is 29.6 Å². The molecule has 0 bridgehead atoms. The van der Waals surface area contributed by atoms with Crippen LogP contribution >= 0.6 is 0 Å². The Morgan fingerprint density at radius 1 is 1.28 bits per heavy atom. The summed E-state index contributed by atoms with van der Waals surface area (Å²) in [6.07, 6.45) is 3.90. The molecule has 1 aliphatic rings. The van der Waals surface area contributed by atoms with Crippen molar-refractivity contribution in [3.8, 4) is 0 Å². The van der Waals surface area contributed by atoms with Crippen LogP contribution in [0.25, 0.3) is 0 Å². The number of nitrogens with zero attached hydrogens (tertiary/aromatic N) is 1. The fraction of sp³-hybridized carbons (Fsp3) is 0.571. The molecule has 1 atom stereocenters. The van der Waals surface area contributed by atoms with E-state index >= 15 is 0 Å². The van der Waals surface area contributed by atoms with E-state index < -0.39 is 0 Å². The molecule has 2 rings (SSSR count). The van der Waals surface area contributed by atoms with Crippen molar-refractivity contribution in [1.29, 1.82) is 0 Å². The topological polar surface area (TPSA) is 43.7 Å². The van der Waals surface area contributed by atoms with Gasteiger partial charge >= 0.3 is 0 Å². The molecule has 1 aromatic rings. The Kier molecular flexibility index (Phi) is 4.55. The molecular weight excluding hydrogens is 233 g/mol. The average molecular weight is 253 g/mol. The molecule has 0 radical (unpaired) electrons. The molecule has 100 valence electrons. The van der Waals surface area contributed by atoms with Crippen LogP contribution in [0.3, 0.4) is 0 Å². The second-order valence-electron chi connectivity index (χ2n) is 4.83. The number of benzene rings is 1. The molecule has 1 aromatic carbocycles. The molecule has 0 saturated carbocycles. The zero-order valence-corrected chi connectivity index (χ0v) is 10.5. The summed E-state index contributed by atoms with van der Waals surface area (Å²) >= 11 is 0. The van der Waals surface area contributed by atoms with Gasteiger partial charge in [0.1, 0.15) is 5.82 Å². The van der Waals surface area contributed by atoms with Gasteiger partial charge in [-0.15, -0.1) is 0 Å². The molecule has 1 aliphatic heterocycles. The Bertz CT molecular complexity index is 397. The van der Waals surface area contributed by atoms with Crippen LogP contribution in [0, 0.1) is 5.82 Å². The van der Waals surface area contributed by atoms with E-state index in [1.165, 1.54) is 12.1 Å². The normalized spacial score (nSPS) is 19.5. The predicted octanol–water partition coefficient (Wildman–Crippen LogP) is 2.06. The first-order chi connectivity index (χ1) is 8.74. The fourth-order valence-electron chi connectivity index (χ4n) is 2.69. The molecule has 0 aliphatic carbocycles. The van der Waals surface area contributed by atoms with E-state index in [9.17, 15) is 4.39 Å². The Hall–Kier alpha value is -1.13. The molecule has 3 nitrogen and oxygen atoms in total. The van der Waals surface area contributed by atoms with E-state index in [1.54, 1.807) is 0 Å². The third-order valence-electron chi connectivity index (χ3n) is 3.53. The van der Waals surface area contributed by atoms with Crippen LogP contribution in [0.2, 0.25) is 0 Å². The van der Waals surface area contributed by atoms with E-state index in [2.05, 4.69) is 4.90 Å². The van der Waals surface area contributed by atoms with Crippen molar-refractivity contribution in [2.24, 2.45) is 0 Å². The minimum atomic E-state index is -0.302. The van der Waals surface area contributed by atoms with Crippen molar-refractivity contribution in [1.82, 2.24) is 0 Å². The Labute approximate surface area is 107 Å². The summed E-state index contributed by atoms with van der Waals surface area (Å²) in [5.41, 5.74) is 1.46. The zero-order valence-electron chi connectivity index (χ0n) is 10.5. The van der Waals surface area contributed by atoms with Gasteiger partial charge in [-0.2, -0.15) is 0 Å². The summed E-state index contributed by atoms with van der Waals surface area (Å²) < 4.78 is 13.5. The quantitative estimate of drug-likeness (QED) is 0.844. The monoisotopic (exact) mass is 253 g/mol. The largest absolute Gasteiger partial charge is 0.396 e. The summed E-state index contributed by atoms with van der Waals surface area (Å²) in [7, 11) is 0. The number of hydrogen-bond acceptors (Lipinski definition) is 3. The predicted molar refractivity (Wildman–Crippen MR) is 69.0 cm³/mol. The lowest BCUT2D eigenvalue weighted by Gasteiger charge is -2.27. The van der Waals surface area contributed by atoms with Crippen LogP contribution < -0.4 is 4.90 Å². The van der Waals surface area contributed by atoms with Crippen LogP contribution in [-0.4, -0.2) is 29.4 Å². The van der Waals surface area contributed by atoms with Gasteiger partial charge in [-0.25, -0.2) is 4.39 Å². The lowest BCUT2D eigenvalue weighted by atomic mass is 10.1. The Morgan fingerprint density at radius 2 is 2.11 bits per heavy atom. The van der Waals surface area contributed by atoms with Crippen molar-refractivity contribution in [3.63, 3.8) is 0 Å². The third-order valence-corrected chi connectivity index (χ3v) is 3.53. The van der Waals surface area contributed by atoms with Crippen molar-refractivity contribution in [2.75, 3.05) is 18.1 Å². The number of anilines is 1. The standard InChI is InChI=1S/C14H20FNO2/c15-12-7-11(10-18)8-14(9-12)16-5-1-3-13(16)4-2-6-17/h7-9,13,17-18H,1-6,10H2. The highest BCUT2D eigenvalue weighted by atomic mass is 19.1. The third kappa shape index (κ3) is 3.00. The average Bonchev–Trinajstić information content (AvgIpc) is 2.83. The van der Waals surface area contributed by atoms with Crippen LogP contribution in [0.4, 0.5) is 10.1 Å². The van der Waals surface area contributed by atoms with Gasteiger partial charge in [0, 0.05) is 24.9 Å². The fourth-order valence-corrected chi connectivity index (χ4v) is 2.69. The van der Waals surface area contributed by atoms with E-state index in [-0.39, 0.29) is 19.0 Å². The highest BCUT2D eigenvalue weighted by Gasteiger charge is 2.24. The maximum absolute atomic E-state index is 13.5. The van der Waals surface area contributed by atoms with Gasteiger partial charge in [-0.05, 0) is 49.4 Å². The highest BCUT2D eigenvalue weighted by Crippen LogP contribution is 2.29. The summed E-state index contributed by atoms with van der Waals surface area (Å²) in [5.74, 6) is -0.302. The number of hydrogen-bond donors (Lipinski definition) is 2. The molecule has 2 N–H and O–H groups in total. The molecule has 0 amide bonds. The first-order valence-electron chi connectivity index (χ1n) is 6.52. The molecule has 18 heavy (non-hydrogen) atoms. The Balaban J connectivity index is 2.16. The Morgan fingerprint density at radius 3 is 2.83 bits per heavy atom. The van der Waals surface area contributed by atoms with Gasteiger partial charge in [-0.3, -0.25) is 0 Å². The number of rotatable bonds is 5. The van der Waals surface area contributed by atoms with Crippen LogP contribution in [0.5, 0.6) is 0 Å². The SMILES string of the molecule is OCCCC1CCCN1c1cc(F)cc(CO)c1. The van der Waals surface area contributed by atoms with E-state index in [1.807, 2.05) is 6.07 Å². The van der Waals surface area contributed by atoms with Gasteiger partial charge in [-0.1, -0.05) is 0 Å². The summed E-state index contributed by atoms with van der Waals surface area (Å²) in [6, 6.07) is 5.12.